The molecule has 0 spiro atoms. The van der Waals surface area contributed by atoms with Crippen LogP contribution in [0.4, 0.5) is 0 Å². The number of carbonyl (C=O) groups excluding carboxylic acids is 1. The first-order chi connectivity index (χ1) is 14.8. The van der Waals surface area contributed by atoms with Gasteiger partial charge in [0.2, 0.25) is 5.91 Å². The van der Waals surface area contributed by atoms with Gasteiger partial charge in [0.25, 0.3) is 0 Å². The minimum Gasteiger partial charge on any atom is -0.373 e. The van der Waals surface area contributed by atoms with Crippen molar-refractivity contribution in [2.24, 2.45) is 0 Å². The fourth-order valence-electron chi connectivity index (χ4n) is 3.80. The Balaban J connectivity index is 1.30. The second-order valence-electron chi connectivity index (χ2n) is 7.54. The molecule has 0 saturated carbocycles. The van der Waals surface area contributed by atoms with Crippen LogP contribution in [0.1, 0.15) is 40.3 Å². The highest BCUT2D eigenvalue weighted by atomic mass is 16.5. The third kappa shape index (κ3) is 5.35. The molecule has 1 N–H and O–H groups in total. The van der Waals surface area contributed by atoms with Gasteiger partial charge in [-0.15, -0.1) is 0 Å². The highest BCUT2D eigenvalue weighted by Gasteiger charge is 2.23. The van der Waals surface area contributed by atoms with Gasteiger partial charge in [-0.25, -0.2) is 0 Å². The summed E-state index contributed by atoms with van der Waals surface area (Å²) in [6, 6.07) is 26.4. The summed E-state index contributed by atoms with van der Waals surface area (Å²) in [6.07, 6.45) is 1.08. The molecule has 0 fully saturated rings. The number of nitrogens with one attached hydrogen (secondary N) is 1. The van der Waals surface area contributed by atoms with Crippen molar-refractivity contribution in [3.05, 3.63) is 107 Å². The molecule has 4 rings (SSSR count). The molecule has 0 radical (unpaired) electrons. The van der Waals surface area contributed by atoms with Crippen LogP contribution in [0.5, 0.6) is 0 Å². The molecule has 3 aromatic rings. The summed E-state index contributed by atoms with van der Waals surface area (Å²) in [7, 11) is 0. The normalized spacial score (nSPS) is 15.4. The van der Waals surface area contributed by atoms with Gasteiger partial charge in [-0.2, -0.15) is 0 Å². The predicted molar refractivity (Wildman–Crippen MR) is 117 cm³/mol. The van der Waals surface area contributed by atoms with Gasteiger partial charge < -0.3 is 14.8 Å². The van der Waals surface area contributed by atoms with Crippen molar-refractivity contribution in [2.75, 3.05) is 6.61 Å². The maximum atomic E-state index is 12.6. The minimum absolute atomic E-state index is 0.00305. The third-order valence-corrected chi connectivity index (χ3v) is 5.43. The van der Waals surface area contributed by atoms with E-state index in [1.807, 2.05) is 54.6 Å². The maximum absolute atomic E-state index is 12.6. The van der Waals surface area contributed by atoms with E-state index in [1.54, 1.807) is 0 Å². The molecule has 1 amide bonds. The first-order valence-electron chi connectivity index (χ1n) is 10.4. The number of fused-ring (bicyclic) bond motifs is 1. The second-order valence-corrected chi connectivity index (χ2v) is 7.54. The van der Waals surface area contributed by atoms with Gasteiger partial charge in [-0.1, -0.05) is 78.9 Å². The van der Waals surface area contributed by atoms with E-state index in [9.17, 15) is 4.79 Å². The number of ether oxygens (including phenoxy) is 2. The van der Waals surface area contributed by atoms with Crippen LogP contribution in [0.3, 0.4) is 0 Å². The van der Waals surface area contributed by atoms with Gasteiger partial charge in [0, 0.05) is 6.54 Å². The highest BCUT2D eigenvalue weighted by Crippen LogP contribution is 2.29. The molecule has 1 unspecified atom stereocenters. The average Bonchev–Trinajstić information content (AvgIpc) is 2.79. The van der Waals surface area contributed by atoms with Crippen LogP contribution in [-0.4, -0.2) is 12.5 Å². The zero-order valence-corrected chi connectivity index (χ0v) is 17.1. The van der Waals surface area contributed by atoms with Crippen molar-refractivity contribution < 1.29 is 14.3 Å². The van der Waals surface area contributed by atoms with E-state index in [2.05, 4.69) is 29.6 Å². The number of hydrogen-bond acceptors (Lipinski definition) is 3. The van der Waals surface area contributed by atoms with E-state index in [1.165, 1.54) is 5.56 Å². The fourth-order valence-corrected chi connectivity index (χ4v) is 3.80. The number of benzene rings is 3. The van der Waals surface area contributed by atoms with Gasteiger partial charge >= 0.3 is 0 Å². The Labute approximate surface area is 177 Å². The largest absolute Gasteiger partial charge is 0.373 e. The van der Waals surface area contributed by atoms with E-state index >= 15 is 0 Å². The zero-order chi connectivity index (χ0) is 20.6. The zero-order valence-electron chi connectivity index (χ0n) is 17.1. The van der Waals surface area contributed by atoms with Crippen LogP contribution in [0.15, 0.2) is 78.9 Å². The molecule has 3 aromatic carbocycles. The molecule has 1 aliphatic heterocycles. The first kappa shape index (κ1) is 20.3. The number of amides is 1. The molecular weight excluding hydrogens is 374 g/mol. The third-order valence-electron chi connectivity index (χ3n) is 5.43. The van der Waals surface area contributed by atoms with Crippen LogP contribution in [0.2, 0.25) is 0 Å². The number of carbonyl (C=O) groups is 1. The van der Waals surface area contributed by atoms with Crippen LogP contribution in [-0.2, 0) is 40.4 Å². The molecule has 0 aliphatic carbocycles. The molecule has 154 valence electrons. The van der Waals surface area contributed by atoms with Crippen LogP contribution in [0.25, 0.3) is 0 Å². The SMILES string of the molecule is O=C(CC1OCCc2ccccc21)NCc1ccccc1COCc1ccccc1. The summed E-state index contributed by atoms with van der Waals surface area (Å²) in [6.45, 7) is 2.23. The average molecular weight is 402 g/mol. The highest BCUT2D eigenvalue weighted by molar-refractivity contribution is 5.76. The Morgan fingerprint density at radius 1 is 0.900 bits per heavy atom. The monoisotopic (exact) mass is 401 g/mol. The van der Waals surface area contributed by atoms with Crippen molar-refractivity contribution in [3.8, 4) is 0 Å². The number of hydrogen-bond donors (Lipinski definition) is 1. The van der Waals surface area contributed by atoms with E-state index in [-0.39, 0.29) is 12.0 Å². The molecule has 0 bridgehead atoms. The molecule has 1 aliphatic rings. The second kappa shape index (κ2) is 10.2. The van der Waals surface area contributed by atoms with E-state index in [0.717, 1.165) is 28.7 Å². The van der Waals surface area contributed by atoms with Gasteiger partial charge in [0.15, 0.2) is 0 Å². The van der Waals surface area contributed by atoms with Crippen molar-refractivity contribution in [2.45, 2.75) is 38.7 Å². The molecule has 1 heterocycles. The Bertz CT molecular complexity index is 971. The quantitative estimate of drug-likeness (QED) is 0.594. The Morgan fingerprint density at radius 3 is 2.50 bits per heavy atom. The van der Waals surface area contributed by atoms with Gasteiger partial charge in [0.05, 0.1) is 32.3 Å². The maximum Gasteiger partial charge on any atom is 0.223 e. The van der Waals surface area contributed by atoms with Gasteiger partial charge in [-0.05, 0) is 34.2 Å². The minimum atomic E-state index is -0.167. The van der Waals surface area contributed by atoms with Gasteiger partial charge in [0.1, 0.15) is 0 Å². The number of rotatable bonds is 8. The molecule has 0 aromatic heterocycles. The van der Waals surface area contributed by atoms with Crippen molar-refractivity contribution in [1.29, 1.82) is 0 Å². The fraction of sp³-hybridized carbons (Fsp3) is 0.269. The van der Waals surface area contributed by atoms with Crippen LogP contribution < -0.4 is 5.32 Å². The van der Waals surface area contributed by atoms with Crippen molar-refractivity contribution >= 4 is 5.91 Å². The lowest BCUT2D eigenvalue weighted by Crippen LogP contribution is -2.27. The van der Waals surface area contributed by atoms with Crippen molar-refractivity contribution in [1.82, 2.24) is 5.32 Å². The summed E-state index contributed by atoms with van der Waals surface area (Å²) >= 11 is 0. The lowest BCUT2D eigenvalue weighted by Gasteiger charge is -2.25. The van der Waals surface area contributed by atoms with E-state index in [4.69, 9.17) is 9.47 Å². The van der Waals surface area contributed by atoms with Crippen LogP contribution >= 0.6 is 0 Å². The summed E-state index contributed by atoms with van der Waals surface area (Å²) in [5.74, 6) is -0.00305. The van der Waals surface area contributed by atoms with E-state index in [0.29, 0.717) is 32.8 Å². The van der Waals surface area contributed by atoms with Crippen LogP contribution in [0, 0.1) is 0 Å². The molecule has 4 nitrogen and oxygen atoms in total. The standard InChI is InChI=1S/C26H27NO3/c28-26(16-25-24-13-7-6-10-21(24)14-15-30-25)27-17-22-11-4-5-12-23(22)19-29-18-20-8-2-1-3-9-20/h1-13,25H,14-19H2,(H,27,28). The first-order valence-corrected chi connectivity index (χ1v) is 10.4. The Morgan fingerprint density at radius 2 is 1.63 bits per heavy atom. The lowest BCUT2D eigenvalue weighted by atomic mass is 9.95. The molecule has 4 heteroatoms. The smallest absolute Gasteiger partial charge is 0.223 e. The van der Waals surface area contributed by atoms with Gasteiger partial charge in [-0.3, -0.25) is 4.79 Å². The van der Waals surface area contributed by atoms with E-state index < -0.39 is 0 Å². The molecule has 1 atom stereocenters. The summed E-state index contributed by atoms with van der Waals surface area (Å²) in [5, 5.41) is 3.05. The Hall–Kier alpha value is -2.95. The summed E-state index contributed by atoms with van der Waals surface area (Å²) < 4.78 is 11.7. The molecule has 0 saturated heterocycles. The lowest BCUT2D eigenvalue weighted by molar-refractivity contribution is -0.124. The summed E-state index contributed by atoms with van der Waals surface area (Å²) in [5.41, 5.74) is 5.73. The predicted octanol–water partition coefficient (Wildman–Crippen LogP) is 4.72. The molecule has 30 heavy (non-hydrogen) atoms. The molecular formula is C26H27NO3. The summed E-state index contributed by atoms with van der Waals surface area (Å²) in [4.78, 5) is 12.6. The van der Waals surface area contributed by atoms with Crippen molar-refractivity contribution in [3.63, 3.8) is 0 Å². The Kier molecular flexibility index (Phi) is 6.91. The topological polar surface area (TPSA) is 47.6 Å².